The van der Waals surface area contributed by atoms with E-state index >= 15 is 0 Å². The quantitative estimate of drug-likeness (QED) is 0.388. The Balaban J connectivity index is -0.000000101. The molecule has 0 rings (SSSR count). The van der Waals surface area contributed by atoms with Gasteiger partial charge in [-0.15, -0.1) is 0 Å². The van der Waals surface area contributed by atoms with Crippen LogP contribution in [0.25, 0.3) is 0 Å². The Bertz CT molecular complexity index is 182. The molecule has 0 atom stereocenters. The summed E-state index contributed by atoms with van der Waals surface area (Å²) < 4.78 is 0. The van der Waals surface area contributed by atoms with E-state index in [9.17, 15) is 0 Å². The van der Waals surface area contributed by atoms with Gasteiger partial charge in [-0.05, 0) is 0 Å². The molecule has 0 unspecified atom stereocenters. The first-order valence-electron chi connectivity index (χ1n) is 3.80. The van der Waals surface area contributed by atoms with Crippen LogP contribution in [-0.2, 0) is 21.1 Å². The Kier molecular flexibility index (Phi) is 36.8. The van der Waals surface area contributed by atoms with E-state index in [1.165, 1.54) is 0 Å². The third kappa shape index (κ3) is 24.6. The molecule has 0 aromatic rings. The molecule has 0 saturated carbocycles. The second kappa shape index (κ2) is 23.2. The first-order chi connectivity index (χ1) is 5.91. The Hall–Kier alpha value is -0.822. The Morgan fingerprint density at radius 1 is 0.933 bits per heavy atom. The maximum absolute atomic E-state index is 4.05. The molecule has 0 spiro atoms. The summed E-state index contributed by atoms with van der Waals surface area (Å²) >= 11 is 0. The van der Waals surface area contributed by atoms with E-state index in [4.69, 9.17) is 0 Å². The third-order valence-corrected chi connectivity index (χ3v) is 1.01. The SMILES string of the molecule is C.F.[2HH].[CH2-]C=CC=NCCN=CC=C[CH2-].[Pt+2]. The van der Waals surface area contributed by atoms with Crippen molar-refractivity contribution in [1.29, 1.82) is 0 Å². The van der Waals surface area contributed by atoms with Crippen molar-refractivity contribution in [3.63, 3.8) is 0 Å². The number of rotatable bonds is 5. The number of allylic oxidation sites excluding steroid dienone is 4. The Morgan fingerprint density at radius 2 is 1.27 bits per heavy atom. The zero-order chi connectivity index (χ0) is 9.07. The number of aliphatic imine (C=N–C) groups is 2. The molecule has 0 aliphatic carbocycles. The van der Waals surface area contributed by atoms with Crippen molar-refractivity contribution in [2.24, 2.45) is 9.98 Å². The molecule has 0 saturated heterocycles. The van der Waals surface area contributed by atoms with Gasteiger partial charge in [0.1, 0.15) is 0 Å². The zero-order valence-corrected chi connectivity index (χ0v) is 10.2. The summed E-state index contributed by atoms with van der Waals surface area (Å²) in [6.45, 7) is 8.48. The average Bonchev–Trinajstić information content (AvgIpc) is 2.10. The summed E-state index contributed by atoms with van der Waals surface area (Å²) in [5, 5.41) is 0. The standard InChI is InChI=1S/C10H14N2.CH4.FH.Pt.H2/c1-3-5-7-11-9-10-12-8-6-4-2;;;;/h3-8H,1-2,9-10H2;1H4;1H;;1H/q-2;;;+2;/i;;;;1+1. The van der Waals surface area contributed by atoms with Gasteiger partial charge >= 0.3 is 21.1 Å². The molecule has 0 heterocycles. The van der Waals surface area contributed by atoms with Gasteiger partial charge in [0.25, 0.3) is 0 Å². The maximum Gasteiger partial charge on any atom is 2.00 e. The molecule has 0 N–H and O–H groups in total. The third-order valence-electron chi connectivity index (χ3n) is 1.01. The molecule has 0 aliphatic heterocycles. The molecule has 0 amide bonds. The van der Waals surface area contributed by atoms with Gasteiger partial charge in [0.05, 0.1) is 13.1 Å². The van der Waals surface area contributed by atoms with E-state index in [2.05, 4.69) is 23.8 Å². The fourth-order valence-electron chi connectivity index (χ4n) is 0.508. The fraction of sp³-hybridized carbons (Fsp3) is 0.273. The molecule has 0 aromatic heterocycles. The van der Waals surface area contributed by atoms with Crippen LogP contribution in [0, 0.1) is 13.8 Å². The van der Waals surface area contributed by atoms with Crippen molar-refractivity contribution in [2.45, 2.75) is 7.43 Å². The summed E-state index contributed by atoms with van der Waals surface area (Å²) in [7, 11) is 0. The van der Waals surface area contributed by atoms with E-state index in [1.54, 1.807) is 36.7 Å². The molecule has 0 aromatic carbocycles. The summed E-state index contributed by atoms with van der Waals surface area (Å²) in [5.41, 5.74) is 0. The van der Waals surface area contributed by atoms with Gasteiger partial charge in [-0.3, -0.25) is 4.70 Å². The van der Waals surface area contributed by atoms with Crippen LogP contribution in [0.5, 0.6) is 0 Å². The molecule has 0 aliphatic rings. The summed E-state index contributed by atoms with van der Waals surface area (Å²) in [5.74, 6) is 0. The van der Waals surface area contributed by atoms with Crippen LogP contribution in [-0.4, -0.2) is 25.5 Å². The topological polar surface area (TPSA) is 24.7 Å². The minimum atomic E-state index is 0. The first kappa shape index (κ1) is 23.8. The smallest absolute Gasteiger partial charge is 0.310 e. The van der Waals surface area contributed by atoms with E-state index in [0.717, 1.165) is 0 Å². The van der Waals surface area contributed by atoms with E-state index in [-0.39, 0.29) is 34.6 Å². The van der Waals surface area contributed by atoms with Crippen molar-refractivity contribution in [2.75, 3.05) is 13.1 Å². The number of hydrogen-bond donors (Lipinski definition) is 0. The molecule has 15 heavy (non-hydrogen) atoms. The van der Waals surface area contributed by atoms with Crippen LogP contribution in [0.15, 0.2) is 34.3 Å². The first-order valence-corrected chi connectivity index (χ1v) is 3.80. The molecule has 92 valence electrons. The van der Waals surface area contributed by atoms with Gasteiger partial charge in [-0.25, -0.2) is 26.0 Å². The molecular weight excluding hydrogens is 374 g/mol. The maximum atomic E-state index is 4.05. The normalized spacial score (nSPS) is 10.4. The van der Waals surface area contributed by atoms with Gasteiger partial charge in [-0.1, -0.05) is 19.9 Å². The van der Waals surface area contributed by atoms with Gasteiger partial charge in [0.2, 0.25) is 0 Å². The van der Waals surface area contributed by atoms with Crippen LogP contribution in [0.4, 0.5) is 4.70 Å². The van der Waals surface area contributed by atoms with Gasteiger partial charge in [0.15, 0.2) is 0 Å². The zero-order valence-electron chi connectivity index (χ0n) is 7.91. The number of halogens is 1. The van der Waals surface area contributed by atoms with Crippen molar-refractivity contribution in [3.05, 3.63) is 38.2 Å². The Labute approximate surface area is 108 Å². The average molecular weight is 396 g/mol. The van der Waals surface area contributed by atoms with Crippen molar-refractivity contribution in [1.82, 2.24) is 0 Å². The van der Waals surface area contributed by atoms with Crippen molar-refractivity contribution >= 4 is 12.4 Å². The molecular formula is C11H21FN2Pt. The van der Waals surface area contributed by atoms with Gasteiger partial charge in [0, 0.05) is 1.43 Å². The van der Waals surface area contributed by atoms with Crippen LogP contribution >= 0.6 is 0 Å². The minimum absolute atomic E-state index is 0. The van der Waals surface area contributed by atoms with E-state index in [0.29, 0.717) is 13.1 Å². The number of hydrogen-bond acceptors (Lipinski definition) is 2. The summed E-state index contributed by atoms with van der Waals surface area (Å²) in [4.78, 5) is 8.11. The van der Waals surface area contributed by atoms with Crippen LogP contribution in [0.2, 0.25) is 0 Å². The molecule has 0 radical (unpaired) electrons. The Morgan fingerprint density at radius 3 is 1.53 bits per heavy atom. The van der Waals surface area contributed by atoms with Gasteiger partial charge < -0.3 is 9.98 Å². The largest absolute Gasteiger partial charge is 2.00 e. The molecule has 2 nitrogen and oxygen atoms in total. The summed E-state index contributed by atoms with van der Waals surface area (Å²) in [6, 6.07) is 0. The second-order valence-electron chi connectivity index (χ2n) is 1.97. The predicted molar refractivity (Wildman–Crippen MR) is 67.1 cm³/mol. The minimum Gasteiger partial charge on any atom is -0.310 e. The molecule has 0 bridgehead atoms. The monoisotopic (exact) mass is 396 g/mol. The van der Waals surface area contributed by atoms with Crippen LogP contribution < -0.4 is 0 Å². The van der Waals surface area contributed by atoms with Crippen molar-refractivity contribution < 1.29 is 27.2 Å². The molecule has 0 fully saturated rings. The van der Waals surface area contributed by atoms with Crippen LogP contribution in [0.1, 0.15) is 8.85 Å². The summed E-state index contributed by atoms with van der Waals surface area (Å²) in [6.07, 6.45) is 10.4. The van der Waals surface area contributed by atoms with Gasteiger partial charge in [-0.2, -0.15) is 12.2 Å². The van der Waals surface area contributed by atoms with Crippen molar-refractivity contribution in [3.8, 4) is 0 Å². The van der Waals surface area contributed by atoms with E-state index in [1.807, 2.05) is 0 Å². The van der Waals surface area contributed by atoms with E-state index < -0.39 is 0 Å². The fourth-order valence-corrected chi connectivity index (χ4v) is 0.508. The van der Waals surface area contributed by atoms with Crippen LogP contribution in [0.3, 0.4) is 0 Å². The molecule has 4 heteroatoms. The predicted octanol–water partition coefficient (Wildman–Crippen LogP) is 2.94. The number of nitrogens with zero attached hydrogens (tertiary/aromatic N) is 2. The second-order valence-corrected chi connectivity index (χ2v) is 1.97.